The van der Waals surface area contributed by atoms with Crippen molar-refractivity contribution in [2.45, 2.75) is 12.8 Å². The van der Waals surface area contributed by atoms with Crippen molar-refractivity contribution in [2.24, 2.45) is 5.73 Å². The van der Waals surface area contributed by atoms with E-state index in [0.717, 1.165) is 26.2 Å². The van der Waals surface area contributed by atoms with Crippen molar-refractivity contribution in [3.05, 3.63) is 0 Å². The summed E-state index contributed by atoms with van der Waals surface area (Å²) < 4.78 is 0. The van der Waals surface area contributed by atoms with E-state index in [4.69, 9.17) is 5.73 Å². The lowest BCUT2D eigenvalue weighted by atomic mass is 10.2. The van der Waals surface area contributed by atoms with Crippen LogP contribution in [0.1, 0.15) is 12.8 Å². The Kier molecular flexibility index (Phi) is 5.81. The van der Waals surface area contributed by atoms with Crippen LogP contribution < -0.4 is 16.4 Å². The van der Waals surface area contributed by atoms with Gasteiger partial charge in [-0.25, -0.2) is 0 Å². The summed E-state index contributed by atoms with van der Waals surface area (Å²) in [7, 11) is 0. The first-order valence-electron chi connectivity index (χ1n) is 5.69. The quantitative estimate of drug-likeness (QED) is 0.522. The molecule has 1 aliphatic heterocycles. The normalized spacial score (nSPS) is 15.9. The third kappa shape index (κ3) is 4.59. The second-order valence-electron chi connectivity index (χ2n) is 3.77. The summed E-state index contributed by atoms with van der Waals surface area (Å²) in [6.07, 6.45) is 0.541. The smallest absolute Gasteiger partial charge is 0.223 e. The molecule has 6 heteroatoms. The highest BCUT2D eigenvalue weighted by molar-refractivity contribution is 5.83. The molecule has 0 aromatic heterocycles. The van der Waals surface area contributed by atoms with Crippen LogP contribution in [0.3, 0.4) is 0 Å². The molecule has 1 aliphatic rings. The molecule has 4 N–H and O–H groups in total. The minimum Gasteiger partial charge on any atom is -0.355 e. The van der Waals surface area contributed by atoms with E-state index in [-0.39, 0.29) is 24.7 Å². The zero-order chi connectivity index (χ0) is 11.8. The first-order chi connectivity index (χ1) is 7.74. The molecule has 0 aliphatic carbocycles. The van der Waals surface area contributed by atoms with Gasteiger partial charge in [0, 0.05) is 52.1 Å². The molecule has 0 bridgehead atoms. The molecule has 1 rings (SSSR count). The fourth-order valence-electron chi connectivity index (χ4n) is 1.59. The van der Waals surface area contributed by atoms with Crippen LogP contribution >= 0.6 is 0 Å². The minimum atomic E-state index is -0.103. The van der Waals surface area contributed by atoms with Gasteiger partial charge in [0.05, 0.1) is 0 Å². The number of nitrogens with one attached hydrogen (secondary N) is 2. The van der Waals surface area contributed by atoms with Crippen molar-refractivity contribution < 1.29 is 9.59 Å². The zero-order valence-corrected chi connectivity index (χ0v) is 9.50. The highest BCUT2D eigenvalue weighted by atomic mass is 16.2. The van der Waals surface area contributed by atoms with Crippen LogP contribution in [0.4, 0.5) is 0 Å². The van der Waals surface area contributed by atoms with Crippen molar-refractivity contribution in [3.63, 3.8) is 0 Å². The molecule has 0 radical (unpaired) electrons. The monoisotopic (exact) mass is 228 g/mol. The van der Waals surface area contributed by atoms with Crippen molar-refractivity contribution in [1.29, 1.82) is 0 Å². The summed E-state index contributed by atoms with van der Waals surface area (Å²) in [5.74, 6) is -0.0432. The third-order valence-electron chi connectivity index (χ3n) is 2.50. The van der Waals surface area contributed by atoms with Gasteiger partial charge in [-0.05, 0) is 0 Å². The maximum Gasteiger partial charge on any atom is 0.223 e. The van der Waals surface area contributed by atoms with Crippen molar-refractivity contribution >= 4 is 11.8 Å². The molecule has 2 amide bonds. The van der Waals surface area contributed by atoms with Crippen LogP contribution in [0.15, 0.2) is 0 Å². The van der Waals surface area contributed by atoms with E-state index in [1.54, 1.807) is 4.90 Å². The van der Waals surface area contributed by atoms with Gasteiger partial charge in [-0.3, -0.25) is 9.59 Å². The van der Waals surface area contributed by atoms with Crippen molar-refractivity contribution in [1.82, 2.24) is 15.5 Å². The van der Waals surface area contributed by atoms with Gasteiger partial charge in [0.15, 0.2) is 0 Å². The Morgan fingerprint density at radius 2 is 1.94 bits per heavy atom. The van der Waals surface area contributed by atoms with Crippen molar-refractivity contribution in [2.75, 3.05) is 39.3 Å². The lowest BCUT2D eigenvalue weighted by molar-refractivity contribution is -0.134. The number of nitrogens with zero attached hydrogens (tertiary/aromatic N) is 1. The SMILES string of the molecule is NCCNC(=O)CCC(=O)N1CCNCC1. The molecule has 16 heavy (non-hydrogen) atoms. The van der Waals surface area contributed by atoms with Crippen LogP contribution in [-0.4, -0.2) is 56.0 Å². The first kappa shape index (κ1) is 12.9. The Morgan fingerprint density at radius 1 is 1.25 bits per heavy atom. The number of amides is 2. The molecular weight excluding hydrogens is 208 g/mol. The van der Waals surface area contributed by atoms with Crippen LogP contribution in [0.2, 0.25) is 0 Å². The fraction of sp³-hybridized carbons (Fsp3) is 0.800. The summed E-state index contributed by atoms with van der Waals surface area (Å²) in [6, 6.07) is 0. The molecule has 92 valence electrons. The average molecular weight is 228 g/mol. The van der Waals surface area contributed by atoms with Gasteiger partial charge in [-0.1, -0.05) is 0 Å². The zero-order valence-electron chi connectivity index (χ0n) is 9.50. The predicted octanol–water partition coefficient (Wildman–Crippen LogP) is -1.73. The molecule has 1 heterocycles. The van der Waals surface area contributed by atoms with Gasteiger partial charge in [0.2, 0.25) is 11.8 Å². The molecule has 1 fully saturated rings. The van der Waals surface area contributed by atoms with E-state index >= 15 is 0 Å². The average Bonchev–Trinajstić information content (AvgIpc) is 2.34. The summed E-state index contributed by atoms with van der Waals surface area (Å²) in [5.41, 5.74) is 5.25. The summed E-state index contributed by atoms with van der Waals surface area (Å²) in [4.78, 5) is 24.7. The number of carbonyl (C=O) groups is 2. The van der Waals surface area contributed by atoms with Gasteiger partial charge >= 0.3 is 0 Å². The molecule has 6 nitrogen and oxygen atoms in total. The van der Waals surface area contributed by atoms with Gasteiger partial charge < -0.3 is 21.3 Å². The highest BCUT2D eigenvalue weighted by Crippen LogP contribution is 1.99. The largest absolute Gasteiger partial charge is 0.355 e. The second-order valence-corrected chi connectivity index (χ2v) is 3.77. The number of nitrogens with two attached hydrogens (primary N) is 1. The van der Waals surface area contributed by atoms with Crippen molar-refractivity contribution in [3.8, 4) is 0 Å². The number of hydrogen-bond donors (Lipinski definition) is 3. The lowest BCUT2D eigenvalue weighted by Gasteiger charge is -2.27. The Hall–Kier alpha value is -1.14. The van der Waals surface area contributed by atoms with Crippen LogP contribution in [-0.2, 0) is 9.59 Å². The van der Waals surface area contributed by atoms with E-state index in [0.29, 0.717) is 13.1 Å². The van der Waals surface area contributed by atoms with Gasteiger partial charge in [0.1, 0.15) is 0 Å². The second kappa shape index (κ2) is 7.19. The maximum absolute atomic E-state index is 11.7. The standard InChI is InChI=1S/C10H20N4O2/c11-3-4-13-9(15)1-2-10(16)14-7-5-12-6-8-14/h12H,1-8,11H2,(H,13,15). The Balaban J connectivity index is 2.15. The molecule has 0 atom stereocenters. The molecule has 0 spiro atoms. The molecule has 0 saturated carbocycles. The van der Waals surface area contributed by atoms with E-state index in [9.17, 15) is 9.59 Å². The summed E-state index contributed by atoms with van der Waals surface area (Å²) in [6.45, 7) is 4.06. The highest BCUT2D eigenvalue weighted by Gasteiger charge is 2.16. The Bertz CT molecular complexity index is 239. The van der Waals surface area contributed by atoms with Gasteiger partial charge in [0.25, 0.3) is 0 Å². The molecule has 0 aromatic rings. The number of rotatable bonds is 5. The molecular formula is C10H20N4O2. The fourth-order valence-corrected chi connectivity index (χ4v) is 1.59. The maximum atomic E-state index is 11.7. The summed E-state index contributed by atoms with van der Waals surface area (Å²) in [5, 5.41) is 5.82. The van der Waals surface area contributed by atoms with E-state index in [2.05, 4.69) is 10.6 Å². The van der Waals surface area contributed by atoms with Crippen LogP contribution in [0.5, 0.6) is 0 Å². The minimum absolute atomic E-state index is 0.0596. The van der Waals surface area contributed by atoms with E-state index in [1.165, 1.54) is 0 Å². The predicted molar refractivity (Wildman–Crippen MR) is 60.7 cm³/mol. The van der Waals surface area contributed by atoms with E-state index < -0.39 is 0 Å². The molecule has 1 saturated heterocycles. The lowest BCUT2D eigenvalue weighted by Crippen LogP contribution is -2.46. The van der Waals surface area contributed by atoms with Gasteiger partial charge in [-0.2, -0.15) is 0 Å². The number of carbonyl (C=O) groups excluding carboxylic acids is 2. The topological polar surface area (TPSA) is 87.5 Å². The van der Waals surface area contributed by atoms with Gasteiger partial charge in [-0.15, -0.1) is 0 Å². The molecule has 0 aromatic carbocycles. The number of piperazine rings is 1. The third-order valence-corrected chi connectivity index (χ3v) is 2.50. The number of hydrogen-bond acceptors (Lipinski definition) is 4. The van der Waals surface area contributed by atoms with Crippen LogP contribution in [0, 0.1) is 0 Å². The summed E-state index contributed by atoms with van der Waals surface area (Å²) >= 11 is 0. The first-order valence-corrected chi connectivity index (χ1v) is 5.69. The van der Waals surface area contributed by atoms with Crippen LogP contribution in [0.25, 0.3) is 0 Å². The van der Waals surface area contributed by atoms with E-state index in [1.807, 2.05) is 0 Å². The Morgan fingerprint density at radius 3 is 2.56 bits per heavy atom. The Labute approximate surface area is 95.5 Å². The molecule has 0 unspecified atom stereocenters.